The minimum absolute atomic E-state index is 0.0835. The van der Waals surface area contributed by atoms with E-state index in [2.05, 4.69) is 10.1 Å². The zero-order valence-electron chi connectivity index (χ0n) is 10.2. The second-order valence-electron chi connectivity index (χ2n) is 3.62. The third-order valence-corrected chi connectivity index (χ3v) is 2.05. The molecule has 0 rings (SSSR count). The highest BCUT2D eigenvalue weighted by Crippen LogP contribution is 1.94. The number of methoxy groups -OCH3 is 1. The molecule has 0 heterocycles. The summed E-state index contributed by atoms with van der Waals surface area (Å²) in [5.41, 5.74) is 0. The number of carbonyl (C=O) groups excluding carboxylic acids is 2. The van der Waals surface area contributed by atoms with Gasteiger partial charge in [-0.2, -0.15) is 0 Å². The van der Waals surface area contributed by atoms with Crippen LogP contribution in [0.15, 0.2) is 0 Å². The van der Waals surface area contributed by atoms with Crippen LogP contribution in [0, 0.1) is 0 Å². The zero-order chi connectivity index (χ0) is 13.4. The maximum atomic E-state index is 11.5. The van der Waals surface area contributed by atoms with Crippen LogP contribution >= 0.6 is 0 Å². The summed E-state index contributed by atoms with van der Waals surface area (Å²) in [4.78, 5) is 34.4. The van der Waals surface area contributed by atoms with Crippen molar-refractivity contribution in [1.29, 1.82) is 0 Å². The summed E-state index contributed by atoms with van der Waals surface area (Å²) in [7, 11) is 2.75. The van der Waals surface area contributed by atoms with Crippen molar-refractivity contribution < 1.29 is 24.2 Å². The molecule has 1 unspecified atom stereocenters. The van der Waals surface area contributed by atoms with Crippen molar-refractivity contribution in [3.8, 4) is 0 Å². The van der Waals surface area contributed by atoms with Crippen LogP contribution < -0.4 is 5.32 Å². The minimum atomic E-state index is -1.01. The third-order valence-electron chi connectivity index (χ3n) is 2.05. The largest absolute Gasteiger partial charge is 0.480 e. The first-order valence-electron chi connectivity index (χ1n) is 5.18. The number of nitrogens with zero attached hydrogens (tertiary/aromatic N) is 1. The normalized spacial score (nSPS) is 12.0. The molecule has 0 fully saturated rings. The lowest BCUT2D eigenvalue weighted by molar-refractivity contribution is -0.145. The summed E-state index contributed by atoms with van der Waals surface area (Å²) in [6.45, 7) is 1.42. The van der Waals surface area contributed by atoms with Crippen LogP contribution in [-0.4, -0.2) is 61.1 Å². The monoisotopic (exact) mass is 246 g/mol. The molecule has 7 heteroatoms. The van der Waals surface area contributed by atoms with Crippen molar-refractivity contribution in [2.75, 3.05) is 27.2 Å². The van der Waals surface area contributed by atoms with Crippen LogP contribution in [0.1, 0.15) is 13.3 Å². The molecular weight excluding hydrogens is 228 g/mol. The lowest BCUT2D eigenvalue weighted by atomic mass is 10.2. The molecule has 0 aromatic carbocycles. The standard InChI is InChI=1S/C10H18N2O5/c1-4-7(10(16)17-3)11-8(13)5-12(2)6-9(14)15/h7H,4-6H2,1-3H3,(H,11,13)(H,14,15). The Morgan fingerprint density at radius 3 is 2.35 bits per heavy atom. The van der Waals surface area contributed by atoms with E-state index < -0.39 is 23.9 Å². The summed E-state index contributed by atoms with van der Waals surface area (Å²) in [5, 5.41) is 11.0. The Balaban J connectivity index is 4.15. The van der Waals surface area contributed by atoms with E-state index >= 15 is 0 Å². The van der Waals surface area contributed by atoms with Gasteiger partial charge in [-0.05, 0) is 13.5 Å². The van der Waals surface area contributed by atoms with Gasteiger partial charge in [0.25, 0.3) is 0 Å². The van der Waals surface area contributed by atoms with Crippen LogP contribution in [0.25, 0.3) is 0 Å². The van der Waals surface area contributed by atoms with Gasteiger partial charge in [0.2, 0.25) is 5.91 Å². The summed E-state index contributed by atoms with van der Waals surface area (Å²) in [6, 6.07) is -0.689. The fourth-order valence-electron chi connectivity index (χ4n) is 1.24. The number of esters is 1. The minimum Gasteiger partial charge on any atom is -0.480 e. The van der Waals surface area contributed by atoms with Gasteiger partial charge in [0.05, 0.1) is 20.2 Å². The fourth-order valence-corrected chi connectivity index (χ4v) is 1.24. The highest BCUT2D eigenvalue weighted by molar-refractivity contribution is 5.85. The molecule has 17 heavy (non-hydrogen) atoms. The Morgan fingerprint density at radius 2 is 1.94 bits per heavy atom. The van der Waals surface area contributed by atoms with Crippen molar-refractivity contribution in [1.82, 2.24) is 10.2 Å². The molecule has 0 bridgehead atoms. The Hall–Kier alpha value is -1.63. The van der Waals surface area contributed by atoms with Crippen molar-refractivity contribution in [2.24, 2.45) is 0 Å². The SMILES string of the molecule is CCC(NC(=O)CN(C)CC(=O)O)C(=O)OC. The average Bonchev–Trinajstić information content (AvgIpc) is 2.23. The van der Waals surface area contributed by atoms with E-state index in [1.807, 2.05) is 0 Å². The summed E-state index contributed by atoms with van der Waals surface area (Å²) >= 11 is 0. The van der Waals surface area contributed by atoms with Gasteiger partial charge in [-0.25, -0.2) is 4.79 Å². The maximum absolute atomic E-state index is 11.5. The van der Waals surface area contributed by atoms with Crippen LogP contribution in [0.5, 0.6) is 0 Å². The van der Waals surface area contributed by atoms with Gasteiger partial charge in [0.15, 0.2) is 0 Å². The predicted molar refractivity (Wildman–Crippen MR) is 59.4 cm³/mol. The van der Waals surface area contributed by atoms with Crippen molar-refractivity contribution in [3.63, 3.8) is 0 Å². The Labute approximate surface area is 99.7 Å². The highest BCUT2D eigenvalue weighted by atomic mass is 16.5. The number of hydrogen-bond donors (Lipinski definition) is 2. The lowest BCUT2D eigenvalue weighted by Gasteiger charge is -2.17. The number of rotatable bonds is 7. The number of amides is 1. The molecule has 0 aliphatic heterocycles. The number of likely N-dealkylation sites (N-methyl/N-ethyl adjacent to an activating group) is 1. The van der Waals surface area contributed by atoms with Gasteiger partial charge in [0, 0.05) is 0 Å². The summed E-state index contributed by atoms with van der Waals surface area (Å²) in [6.07, 6.45) is 0.418. The molecule has 0 spiro atoms. The molecule has 98 valence electrons. The van der Waals surface area contributed by atoms with E-state index in [0.717, 1.165) is 0 Å². The third kappa shape index (κ3) is 6.52. The van der Waals surface area contributed by atoms with Crippen LogP contribution in [-0.2, 0) is 19.1 Å². The van der Waals surface area contributed by atoms with E-state index in [-0.39, 0.29) is 13.1 Å². The average molecular weight is 246 g/mol. The first-order chi connectivity index (χ1) is 7.90. The van der Waals surface area contributed by atoms with Gasteiger partial charge in [-0.15, -0.1) is 0 Å². The molecule has 7 nitrogen and oxygen atoms in total. The predicted octanol–water partition coefficient (Wildman–Crippen LogP) is -0.929. The molecule has 0 radical (unpaired) electrons. The highest BCUT2D eigenvalue weighted by Gasteiger charge is 2.20. The number of ether oxygens (including phenoxy) is 1. The number of aliphatic carboxylic acids is 1. The quantitative estimate of drug-likeness (QED) is 0.563. The Morgan fingerprint density at radius 1 is 1.35 bits per heavy atom. The van der Waals surface area contributed by atoms with Gasteiger partial charge in [0.1, 0.15) is 6.04 Å². The molecule has 0 aliphatic carbocycles. The lowest BCUT2D eigenvalue weighted by Crippen LogP contribution is -2.45. The van der Waals surface area contributed by atoms with Crippen LogP contribution in [0.3, 0.4) is 0 Å². The molecular formula is C10H18N2O5. The summed E-state index contributed by atoms with van der Waals surface area (Å²) < 4.78 is 4.51. The molecule has 0 aromatic heterocycles. The Kier molecular flexibility index (Phi) is 6.88. The molecule has 1 amide bonds. The van der Waals surface area contributed by atoms with E-state index in [0.29, 0.717) is 6.42 Å². The first-order valence-corrected chi connectivity index (χ1v) is 5.18. The molecule has 1 atom stereocenters. The van der Waals surface area contributed by atoms with Crippen molar-refractivity contribution in [2.45, 2.75) is 19.4 Å². The molecule has 0 aliphatic rings. The maximum Gasteiger partial charge on any atom is 0.328 e. The number of carbonyl (C=O) groups is 3. The molecule has 0 aromatic rings. The van der Waals surface area contributed by atoms with Gasteiger partial charge in [-0.3, -0.25) is 14.5 Å². The van der Waals surface area contributed by atoms with Gasteiger partial charge in [-0.1, -0.05) is 6.92 Å². The topological polar surface area (TPSA) is 95.9 Å². The van der Waals surface area contributed by atoms with E-state index in [9.17, 15) is 14.4 Å². The van der Waals surface area contributed by atoms with E-state index in [1.54, 1.807) is 6.92 Å². The van der Waals surface area contributed by atoms with Gasteiger partial charge < -0.3 is 15.2 Å². The van der Waals surface area contributed by atoms with Crippen LogP contribution in [0.4, 0.5) is 0 Å². The Bertz CT molecular complexity index is 292. The molecule has 0 saturated carbocycles. The number of nitrogens with one attached hydrogen (secondary N) is 1. The fraction of sp³-hybridized carbons (Fsp3) is 0.700. The second kappa shape index (κ2) is 7.61. The number of carboxylic acid groups (broad SMARTS) is 1. The second-order valence-corrected chi connectivity index (χ2v) is 3.62. The molecule has 0 saturated heterocycles. The van der Waals surface area contributed by atoms with Crippen molar-refractivity contribution in [3.05, 3.63) is 0 Å². The summed E-state index contributed by atoms with van der Waals surface area (Å²) in [5.74, 6) is -1.94. The van der Waals surface area contributed by atoms with Crippen molar-refractivity contribution >= 4 is 17.8 Å². The van der Waals surface area contributed by atoms with Crippen LogP contribution in [0.2, 0.25) is 0 Å². The zero-order valence-corrected chi connectivity index (χ0v) is 10.2. The molecule has 2 N–H and O–H groups in total. The van der Waals surface area contributed by atoms with Gasteiger partial charge >= 0.3 is 11.9 Å². The number of carboxylic acids is 1. The van der Waals surface area contributed by atoms with E-state index in [1.165, 1.54) is 19.1 Å². The number of hydrogen-bond acceptors (Lipinski definition) is 5. The smallest absolute Gasteiger partial charge is 0.328 e. The first kappa shape index (κ1) is 15.4. The van der Waals surface area contributed by atoms with E-state index in [4.69, 9.17) is 5.11 Å².